The number of nitrogens with one attached hydrogen (secondary N) is 1. The van der Waals surface area contributed by atoms with E-state index in [1.165, 1.54) is 4.90 Å². The minimum atomic E-state index is -1.05. The van der Waals surface area contributed by atoms with E-state index in [-0.39, 0.29) is 25.0 Å². The molecule has 2 bridgehead atoms. The summed E-state index contributed by atoms with van der Waals surface area (Å²) in [6.45, 7) is 2.25. The molecule has 31 heavy (non-hydrogen) atoms. The first kappa shape index (κ1) is 22.0. The molecule has 2 N–H and O–H groups in total. The fourth-order valence-corrected chi connectivity index (χ4v) is 5.46. The maximum Gasteiger partial charge on any atom is 0.312 e. The standard InChI is InChI=1S/C22H27ClN2O6/c1-2-30-21(29)16-15-9-10-22(31-15)17(16)20(28)25(11-3-4-12-26)18(22)19(27)24-14-7-5-13(23)6-8-14/h5-8,15-18,26H,2-4,9-12H2,1H3,(H,24,27)/t15-,16+,17+,18?,22?/m1/s1. The van der Waals surface area contributed by atoms with Gasteiger partial charge in [-0.1, -0.05) is 11.6 Å². The van der Waals surface area contributed by atoms with Gasteiger partial charge in [-0.25, -0.2) is 0 Å². The smallest absolute Gasteiger partial charge is 0.312 e. The van der Waals surface area contributed by atoms with Crippen molar-refractivity contribution in [3.8, 4) is 0 Å². The number of fused-ring (bicyclic) bond motifs is 1. The van der Waals surface area contributed by atoms with Crippen molar-refractivity contribution in [3.05, 3.63) is 29.3 Å². The lowest BCUT2D eigenvalue weighted by Crippen LogP contribution is -2.53. The van der Waals surface area contributed by atoms with Crippen LogP contribution in [0.2, 0.25) is 5.02 Å². The van der Waals surface area contributed by atoms with Gasteiger partial charge in [-0.2, -0.15) is 0 Å². The van der Waals surface area contributed by atoms with Crippen LogP contribution in [0.5, 0.6) is 0 Å². The van der Waals surface area contributed by atoms with Crippen molar-refractivity contribution in [2.24, 2.45) is 11.8 Å². The van der Waals surface area contributed by atoms with Crippen molar-refractivity contribution in [2.75, 3.05) is 25.1 Å². The molecule has 5 atom stereocenters. The van der Waals surface area contributed by atoms with Crippen molar-refractivity contribution in [3.63, 3.8) is 0 Å². The number of aliphatic hydroxyl groups excluding tert-OH is 1. The minimum absolute atomic E-state index is 0.00225. The molecule has 2 unspecified atom stereocenters. The zero-order chi connectivity index (χ0) is 22.2. The summed E-state index contributed by atoms with van der Waals surface area (Å²) >= 11 is 5.93. The molecule has 1 aromatic carbocycles. The highest BCUT2D eigenvalue weighted by Gasteiger charge is 2.74. The van der Waals surface area contributed by atoms with Gasteiger partial charge < -0.3 is 24.8 Å². The second-order valence-corrected chi connectivity index (χ2v) is 8.70. The molecule has 8 nitrogen and oxygen atoms in total. The van der Waals surface area contributed by atoms with Gasteiger partial charge in [0.25, 0.3) is 0 Å². The number of hydrogen-bond acceptors (Lipinski definition) is 6. The summed E-state index contributed by atoms with van der Waals surface area (Å²) in [6.07, 6.45) is 1.77. The second kappa shape index (κ2) is 8.76. The Hall–Kier alpha value is -2.16. The van der Waals surface area contributed by atoms with Gasteiger partial charge >= 0.3 is 5.97 Å². The first-order valence-corrected chi connectivity index (χ1v) is 11.1. The van der Waals surface area contributed by atoms with Gasteiger partial charge in [0, 0.05) is 23.9 Å². The Morgan fingerprint density at radius 1 is 1.32 bits per heavy atom. The molecule has 1 aromatic rings. The normalized spacial score (nSPS) is 31.1. The van der Waals surface area contributed by atoms with E-state index < -0.39 is 35.6 Å². The van der Waals surface area contributed by atoms with Crippen LogP contribution >= 0.6 is 11.6 Å². The number of unbranched alkanes of at least 4 members (excludes halogenated alkanes) is 1. The van der Waals surface area contributed by atoms with Crippen molar-refractivity contribution >= 4 is 35.1 Å². The number of aliphatic hydroxyl groups is 1. The molecule has 4 rings (SSSR count). The number of amides is 2. The maximum absolute atomic E-state index is 13.5. The van der Waals surface area contributed by atoms with E-state index in [4.69, 9.17) is 26.2 Å². The SMILES string of the molecule is CCOC(=O)[C@@H]1[C@H]2C(=O)N(CCCCO)C(C(=O)Nc3ccc(Cl)cc3)C23CC[C@H]1O3. The highest BCUT2D eigenvalue weighted by molar-refractivity contribution is 6.30. The van der Waals surface area contributed by atoms with E-state index in [1.807, 2.05) is 0 Å². The molecule has 0 radical (unpaired) electrons. The topological polar surface area (TPSA) is 105 Å². The summed E-state index contributed by atoms with van der Waals surface area (Å²) in [7, 11) is 0. The number of benzene rings is 1. The molecule has 3 heterocycles. The van der Waals surface area contributed by atoms with Crippen LogP contribution in [0.15, 0.2) is 24.3 Å². The number of rotatable bonds is 8. The molecule has 3 saturated heterocycles. The zero-order valence-corrected chi connectivity index (χ0v) is 18.1. The number of nitrogens with zero attached hydrogens (tertiary/aromatic N) is 1. The van der Waals surface area contributed by atoms with Crippen LogP contribution in [0, 0.1) is 11.8 Å². The third kappa shape index (κ3) is 3.70. The Bertz CT molecular complexity index is 862. The van der Waals surface area contributed by atoms with Gasteiger partial charge in [-0.3, -0.25) is 14.4 Å². The number of halogens is 1. The number of likely N-dealkylation sites (tertiary alicyclic amines) is 1. The van der Waals surface area contributed by atoms with Crippen LogP contribution in [-0.2, 0) is 23.9 Å². The molecule has 0 aliphatic carbocycles. The quantitative estimate of drug-likeness (QED) is 0.463. The van der Waals surface area contributed by atoms with Crippen molar-refractivity contribution in [1.29, 1.82) is 0 Å². The molecule has 2 amide bonds. The molecule has 3 aliphatic heterocycles. The summed E-state index contributed by atoms with van der Waals surface area (Å²) in [5, 5.41) is 12.6. The number of carbonyl (C=O) groups is 3. The van der Waals surface area contributed by atoms with Crippen molar-refractivity contribution in [1.82, 2.24) is 4.90 Å². The lowest BCUT2D eigenvalue weighted by Gasteiger charge is -2.33. The number of anilines is 1. The van der Waals surface area contributed by atoms with Gasteiger partial charge in [-0.05, 0) is 56.9 Å². The lowest BCUT2D eigenvalue weighted by atomic mass is 9.71. The van der Waals surface area contributed by atoms with E-state index in [0.29, 0.717) is 42.9 Å². The molecule has 3 fully saturated rings. The molecule has 168 valence electrons. The first-order valence-electron chi connectivity index (χ1n) is 10.7. The van der Waals surface area contributed by atoms with Crippen LogP contribution in [0.4, 0.5) is 5.69 Å². The number of hydrogen-bond donors (Lipinski definition) is 2. The fraction of sp³-hybridized carbons (Fsp3) is 0.591. The highest BCUT2D eigenvalue weighted by Crippen LogP contribution is 2.58. The Morgan fingerprint density at radius 2 is 2.06 bits per heavy atom. The number of ether oxygens (including phenoxy) is 2. The molecule has 0 aromatic heterocycles. The van der Waals surface area contributed by atoms with Crippen molar-refractivity contribution < 1.29 is 29.0 Å². The third-order valence-corrected chi connectivity index (χ3v) is 6.78. The maximum atomic E-state index is 13.5. The van der Waals surface area contributed by atoms with Crippen LogP contribution in [0.3, 0.4) is 0 Å². The molecule has 1 spiro atoms. The van der Waals surface area contributed by atoms with Crippen LogP contribution in [0.25, 0.3) is 0 Å². The molecule has 3 aliphatic rings. The predicted octanol–water partition coefficient (Wildman–Crippen LogP) is 1.99. The Balaban J connectivity index is 1.65. The first-order chi connectivity index (χ1) is 14.9. The van der Waals surface area contributed by atoms with Gasteiger partial charge in [0.15, 0.2) is 0 Å². The van der Waals surface area contributed by atoms with Gasteiger partial charge in [0.1, 0.15) is 11.6 Å². The lowest BCUT2D eigenvalue weighted by molar-refractivity contribution is -0.154. The van der Waals surface area contributed by atoms with Crippen LogP contribution in [0.1, 0.15) is 32.6 Å². The highest BCUT2D eigenvalue weighted by atomic mass is 35.5. The van der Waals surface area contributed by atoms with E-state index in [9.17, 15) is 14.4 Å². The van der Waals surface area contributed by atoms with E-state index >= 15 is 0 Å². The average molecular weight is 451 g/mol. The summed E-state index contributed by atoms with van der Waals surface area (Å²) in [5.74, 6) is -2.49. The Morgan fingerprint density at radius 3 is 2.74 bits per heavy atom. The summed E-state index contributed by atoms with van der Waals surface area (Å²) in [5.41, 5.74) is -0.485. The van der Waals surface area contributed by atoms with Gasteiger partial charge in [0.2, 0.25) is 11.8 Å². The number of esters is 1. The van der Waals surface area contributed by atoms with E-state index in [2.05, 4.69) is 5.32 Å². The second-order valence-electron chi connectivity index (χ2n) is 8.27. The Kier molecular flexibility index (Phi) is 6.23. The monoisotopic (exact) mass is 450 g/mol. The zero-order valence-electron chi connectivity index (χ0n) is 17.4. The van der Waals surface area contributed by atoms with Crippen LogP contribution < -0.4 is 5.32 Å². The molecule has 9 heteroatoms. The van der Waals surface area contributed by atoms with Crippen molar-refractivity contribution in [2.45, 2.75) is 50.4 Å². The minimum Gasteiger partial charge on any atom is -0.466 e. The summed E-state index contributed by atoms with van der Waals surface area (Å²) < 4.78 is 11.5. The predicted molar refractivity (Wildman–Crippen MR) is 112 cm³/mol. The van der Waals surface area contributed by atoms with Gasteiger partial charge in [0.05, 0.1) is 24.5 Å². The molecule has 0 saturated carbocycles. The largest absolute Gasteiger partial charge is 0.466 e. The van der Waals surface area contributed by atoms with Crippen LogP contribution in [-0.4, -0.2) is 65.3 Å². The summed E-state index contributed by atoms with van der Waals surface area (Å²) in [6, 6.07) is 5.87. The molecular weight excluding hydrogens is 424 g/mol. The molecular formula is C22H27ClN2O6. The third-order valence-electron chi connectivity index (χ3n) is 6.53. The van der Waals surface area contributed by atoms with E-state index in [0.717, 1.165) is 0 Å². The van der Waals surface area contributed by atoms with Gasteiger partial charge in [-0.15, -0.1) is 0 Å². The average Bonchev–Trinajstić information content (AvgIpc) is 3.38. The summed E-state index contributed by atoms with van der Waals surface area (Å²) in [4.78, 5) is 41.1. The fourth-order valence-electron chi connectivity index (χ4n) is 5.34. The Labute approximate surface area is 185 Å². The van der Waals surface area contributed by atoms with E-state index in [1.54, 1.807) is 31.2 Å². The number of carbonyl (C=O) groups excluding carboxylic acids is 3.